The number of fused-ring (bicyclic) bond motifs is 2. The number of halogens is 1. The molecule has 0 amide bonds. The van der Waals surface area contributed by atoms with Crippen molar-refractivity contribution in [1.82, 2.24) is 14.7 Å². The maximum absolute atomic E-state index is 9.96. The first kappa shape index (κ1) is 13.3. The fourth-order valence-electron chi connectivity index (χ4n) is 2.19. The van der Waals surface area contributed by atoms with Gasteiger partial charge in [-0.3, -0.25) is 4.72 Å². The smallest absolute Gasteiger partial charge is 0.211 e. The molecule has 1 aromatic carbocycles. The van der Waals surface area contributed by atoms with Gasteiger partial charge in [0.1, 0.15) is 17.1 Å². The van der Waals surface area contributed by atoms with Crippen LogP contribution in [0.25, 0.3) is 11.0 Å². The predicted octanol–water partition coefficient (Wildman–Crippen LogP) is 3.63. The molecule has 0 radical (unpaired) electrons. The Kier molecular flexibility index (Phi) is 3.09. The molecule has 0 fully saturated rings. The van der Waals surface area contributed by atoms with Crippen molar-refractivity contribution in [2.75, 3.05) is 5.32 Å². The SMILES string of the molecule is Oc1cc(Cl)cc2c1N=C(Nc1cnc3[nH]ccc3c1)NS2. The molecule has 3 aromatic rings. The molecule has 0 bridgehead atoms. The second-order valence-corrected chi connectivity index (χ2v) is 5.99. The summed E-state index contributed by atoms with van der Waals surface area (Å²) in [5, 5.41) is 14.6. The lowest BCUT2D eigenvalue weighted by Gasteiger charge is -2.18. The van der Waals surface area contributed by atoms with E-state index in [4.69, 9.17) is 11.6 Å². The van der Waals surface area contributed by atoms with Gasteiger partial charge in [-0.1, -0.05) is 11.6 Å². The predicted molar refractivity (Wildman–Crippen MR) is 88.9 cm³/mol. The van der Waals surface area contributed by atoms with E-state index in [1.165, 1.54) is 18.0 Å². The van der Waals surface area contributed by atoms with E-state index < -0.39 is 0 Å². The van der Waals surface area contributed by atoms with Gasteiger partial charge in [-0.15, -0.1) is 0 Å². The van der Waals surface area contributed by atoms with Crippen molar-refractivity contribution >= 4 is 51.9 Å². The Labute approximate surface area is 134 Å². The van der Waals surface area contributed by atoms with Gasteiger partial charge in [-0.2, -0.15) is 0 Å². The molecular formula is C14H10ClN5OS. The Hall–Kier alpha value is -2.38. The third-order valence-corrected chi connectivity index (χ3v) is 4.21. The summed E-state index contributed by atoms with van der Waals surface area (Å²) in [5.41, 5.74) is 2.12. The van der Waals surface area contributed by atoms with E-state index in [1.54, 1.807) is 12.3 Å². The highest BCUT2D eigenvalue weighted by Crippen LogP contribution is 2.41. The van der Waals surface area contributed by atoms with Gasteiger partial charge in [0.05, 0.1) is 16.8 Å². The highest BCUT2D eigenvalue weighted by atomic mass is 35.5. The van der Waals surface area contributed by atoms with Gasteiger partial charge in [-0.25, -0.2) is 9.98 Å². The van der Waals surface area contributed by atoms with Crippen LogP contribution in [-0.2, 0) is 0 Å². The lowest BCUT2D eigenvalue weighted by molar-refractivity contribution is 0.475. The number of benzene rings is 1. The van der Waals surface area contributed by atoms with Crippen LogP contribution in [0.15, 0.2) is 46.5 Å². The molecule has 4 N–H and O–H groups in total. The number of H-pyrrole nitrogens is 1. The summed E-state index contributed by atoms with van der Waals surface area (Å²) >= 11 is 7.25. The Morgan fingerprint density at radius 3 is 3.09 bits per heavy atom. The molecule has 6 nitrogen and oxygen atoms in total. The largest absolute Gasteiger partial charge is 0.506 e. The van der Waals surface area contributed by atoms with Crippen LogP contribution < -0.4 is 10.0 Å². The molecule has 110 valence electrons. The van der Waals surface area contributed by atoms with Gasteiger partial charge >= 0.3 is 0 Å². The number of aromatic amines is 1. The van der Waals surface area contributed by atoms with Crippen LogP contribution in [0.5, 0.6) is 5.75 Å². The van der Waals surface area contributed by atoms with E-state index in [-0.39, 0.29) is 5.75 Å². The van der Waals surface area contributed by atoms with Crippen molar-refractivity contribution < 1.29 is 5.11 Å². The average molecular weight is 332 g/mol. The molecule has 0 saturated heterocycles. The molecule has 0 saturated carbocycles. The van der Waals surface area contributed by atoms with Gasteiger partial charge in [0.2, 0.25) is 5.96 Å². The topological polar surface area (TPSA) is 85.3 Å². The number of pyridine rings is 1. The minimum atomic E-state index is 0.0509. The number of hydrogen-bond acceptors (Lipinski definition) is 6. The van der Waals surface area contributed by atoms with Crippen LogP contribution in [0.1, 0.15) is 0 Å². The molecule has 8 heteroatoms. The number of nitrogens with zero attached hydrogens (tertiary/aromatic N) is 2. The average Bonchev–Trinajstić information content (AvgIpc) is 2.95. The normalized spacial score (nSPS) is 13.4. The number of aliphatic imine (C=N–C) groups is 1. The van der Waals surface area contributed by atoms with E-state index >= 15 is 0 Å². The van der Waals surface area contributed by atoms with E-state index in [0.29, 0.717) is 16.7 Å². The fraction of sp³-hybridized carbons (Fsp3) is 0. The first-order valence-corrected chi connectivity index (χ1v) is 7.63. The van der Waals surface area contributed by atoms with Crippen molar-refractivity contribution in [3.63, 3.8) is 0 Å². The first-order chi connectivity index (χ1) is 10.7. The van der Waals surface area contributed by atoms with Gasteiger partial charge < -0.3 is 15.4 Å². The number of aromatic nitrogens is 2. The zero-order chi connectivity index (χ0) is 15.1. The molecule has 0 atom stereocenters. The fourth-order valence-corrected chi connectivity index (χ4v) is 3.20. The molecule has 1 aliphatic heterocycles. The van der Waals surface area contributed by atoms with Crippen LogP contribution in [-0.4, -0.2) is 21.0 Å². The van der Waals surface area contributed by atoms with E-state index in [9.17, 15) is 5.11 Å². The Morgan fingerprint density at radius 2 is 2.18 bits per heavy atom. The molecule has 0 aliphatic carbocycles. The van der Waals surface area contributed by atoms with Crippen molar-refractivity contribution in [3.8, 4) is 5.75 Å². The van der Waals surface area contributed by atoms with Crippen LogP contribution in [0, 0.1) is 0 Å². The van der Waals surface area contributed by atoms with E-state index in [0.717, 1.165) is 21.6 Å². The van der Waals surface area contributed by atoms with Gasteiger partial charge in [-0.05, 0) is 30.1 Å². The molecule has 1 aliphatic rings. The molecule has 3 heterocycles. The lowest BCUT2D eigenvalue weighted by atomic mass is 10.3. The van der Waals surface area contributed by atoms with Crippen LogP contribution >= 0.6 is 23.5 Å². The number of aromatic hydroxyl groups is 1. The highest BCUT2D eigenvalue weighted by Gasteiger charge is 2.17. The van der Waals surface area contributed by atoms with Crippen molar-refractivity contribution in [1.29, 1.82) is 0 Å². The number of hydrogen-bond donors (Lipinski definition) is 4. The quantitative estimate of drug-likeness (QED) is 0.512. The number of anilines is 1. The number of nitrogens with one attached hydrogen (secondary N) is 3. The third-order valence-electron chi connectivity index (χ3n) is 3.16. The van der Waals surface area contributed by atoms with Gasteiger partial charge in [0.25, 0.3) is 0 Å². The second kappa shape index (κ2) is 5.11. The van der Waals surface area contributed by atoms with Gasteiger partial charge in [0, 0.05) is 22.7 Å². The molecule has 22 heavy (non-hydrogen) atoms. The van der Waals surface area contributed by atoms with Crippen molar-refractivity contribution in [2.45, 2.75) is 4.90 Å². The second-order valence-electron chi connectivity index (χ2n) is 4.70. The summed E-state index contributed by atoms with van der Waals surface area (Å²) < 4.78 is 3.07. The summed E-state index contributed by atoms with van der Waals surface area (Å²) in [6.07, 6.45) is 3.55. The Morgan fingerprint density at radius 1 is 1.27 bits per heavy atom. The zero-order valence-corrected chi connectivity index (χ0v) is 12.7. The number of rotatable bonds is 1. The molecule has 0 unspecified atom stereocenters. The van der Waals surface area contributed by atoms with Crippen molar-refractivity contribution in [3.05, 3.63) is 41.7 Å². The highest BCUT2D eigenvalue weighted by molar-refractivity contribution is 7.98. The Balaban J connectivity index is 1.67. The van der Waals surface area contributed by atoms with Crippen LogP contribution in [0.2, 0.25) is 5.02 Å². The van der Waals surface area contributed by atoms with E-state index in [1.807, 2.05) is 18.3 Å². The summed E-state index contributed by atoms with van der Waals surface area (Å²) in [7, 11) is 0. The summed E-state index contributed by atoms with van der Waals surface area (Å²) in [6, 6.07) is 7.13. The maximum Gasteiger partial charge on any atom is 0.211 e. The minimum Gasteiger partial charge on any atom is -0.506 e. The standard InChI is InChI=1S/C14H10ClN5OS/c15-8-4-10(21)12-11(5-8)22-20-14(19-12)18-9-3-7-1-2-16-13(7)17-6-9/h1-6,21H,(H,16,17)(H2,18,19,20). The zero-order valence-electron chi connectivity index (χ0n) is 11.1. The monoisotopic (exact) mass is 331 g/mol. The summed E-state index contributed by atoms with van der Waals surface area (Å²) in [5.74, 6) is 0.571. The lowest BCUT2D eigenvalue weighted by Crippen LogP contribution is -2.26. The van der Waals surface area contributed by atoms with Gasteiger partial charge in [0.15, 0.2) is 0 Å². The Bertz CT molecular complexity index is 907. The molecule has 2 aromatic heterocycles. The minimum absolute atomic E-state index is 0.0509. The molecular weight excluding hydrogens is 322 g/mol. The van der Waals surface area contributed by atoms with Crippen LogP contribution in [0.4, 0.5) is 11.4 Å². The molecule has 4 rings (SSSR count). The third kappa shape index (κ3) is 2.34. The summed E-state index contributed by atoms with van der Waals surface area (Å²) in [4.78, 5) is 12.5. The van der Waals surface area contributed by atoms with Crippen molar-refractivity contribution in [2.24, 2.45) is 4.99 Å². The number of guanidine groups is 1. The first-order valence-electron chi connectivity index (χ1n) is 6.43. The van der Waals surface area contributed by atoms with Crippen LogP contribution in [0.3, 0.4) is 0 Å². The number of phenolic OH excluding ortho intramolecular Hbond substituents is 1. The van der Waals surface area contributed by atoms with E-state index in [2.05, 4.69) is 25.0 Å². The summed E-state index contributed by atoms with van der Waals surface area (Å²) in [6.45, 7) is 0. The molecule has 0 spiro atoms. The number of phenols is 1. The maximum atomic E-state index is 9.96.